The summed E-state index contributed by atoms with van der Waals surface area (Å²) in [5.41, 5.74) is 0.299. The summed E-state index contributed by atoms with van der Waals surface area (Å²) < 4.78 is 38.2. The smallest absolute Gasteiger partial charge is 0.307 e. The van der Waals surface area contributed by atoms with Gasteiger partial charge in [-0.3, -0.25) is 0 Å². The van der Waals surface area contributed by atoms with Crippen molar-refractivity contribution in [2.75, 3.05) is 0 Å². The SMILES string of the molecule is FC(F)(F)c1ccccc1CNCc1cccnn1. The Hall–Kier alpha value is -1.95. The molecule has 3 nitrogen and oxygen atoms in total. The lowest BCUT2D eigenvalue weighted by atomic mass is 10.1. The number of halogens is 3. The van der Waals surface area contributed by atoms with Crippen LogP contribution in [0.3, 0.4) is 0 Å². The highest BCUT2D eigenvalue weighted by atomic mass is 19.4. The third-order valence-electron chi connectivity index (χ3n) is 2.57. The molecular weight excluding hydrogens is 255 g/mol. The fraction of sp³-hybridized carbons (Fsp3) is 0.231. The summed E-state index contributed by atoms with van der Waals surface area (Å²) in [4.78, 5) is 0. The van der Waals surface area contributed by atoms with Crippen LogP contribution in [-0.2, 0) is 19.3 Å². The third-order valence-corrected chi connectivity index (χ3v) is 2.57. The van der Waals surface area contributed by atoms with E-state index in [-0.39, 0.29) is 12.1 Å². The predicted octanol–water partition coefficient (Wildman–Crippen LogP) is 2.79. The van der Waals surface area contributed by atoms with Crippen molar-refractivity contribution in [2.45, 2.75) is 19.3 Å². The van der Waals surface area contributed by atoms with Gasteiger partial charge in [0, 0.05) is 19.3 Å². The minimum absolute atomic E-state index is 0.131. The fourth-order valence-corrected chi connectivity index (χ4v) is 1.70. The molecule has 0 saturated carbocycles. The van der Waals surface area contributed by atoms with Crippen molar-refractivity contribution in [3.8, 4) is 0 Å². The summed E-state index contributed by atoms with van der Waals surface area (Å²) in [6.45, 7) is 0.506. The van der Waals surface area contributed by atoms with Crippen LogP contribution in [0, 0.1) is 0 Å². The first-order chi connectivity index (χ1) is 9.07. The predicted molar refractivity (Wildman–Crippen MR) is 64.0 cm³/mol. The molecule has 0 spiro atoms. The largest absolute Gasteiger partial charge is 0.416 e. The summed E-state index contributed by atoms with van der Waals surface area (Å²) in [6.07, 6.45) is -2.78. The molecule has 0 radical (unpaired) electrons. The first-order valence-corrected chi connectivity index (χ1v) is 5.70. The summed E-state index contributed by atoms with van der Waals surface area (Å²) in [6, 6.07) is 9.01. The number of nitrogens with one attached hydrogen (secondary N) is 1. The zero-order chi connectivity index (χ0) is 13.7. The van der Waals surface area contributed by atoms with E-state index < -0.39 is 11.7 Å². The maximum absolute atomic E-state index is 12.7. The molecule has 0 aliphatic rings. The van der Waals surface area contributed by atoms with Gasteiger partial charge in [-0.1, -0.05) is 18.2 Å². The van der Waals surface area contributed by atoms with Gasteiger partial charge < -0.3 is 5.32 Å². The van der Waals surface area contributed by atoms with Crippen molar-refractivity contribution in [1.29, 1.82) is 0 Å². The Morgan fingerprint density at radius 2 is 1.79 bits per heavy atom. The molecule has 1 heterocycles. The zero-order valence-electron chi connectivity index (χ0n) is 9.98. The van der Waals surface area contributed by atoms with E-state index in [0.29, 0.717) is 12.2 Å². The topological polar surface area (TPSA) is 37.8 Å². The van der Waals surface area contributed by atoms with Crippen LogP contribution in [0.5, 0.6) is 0 Å². The molecule has 0 aliphatic carbocycles. The van der Waals surface area contributed by atoms with Crippen LogP contribution >= 0.6 is 0 Å². The highest BCUT2D eigenvalue weighted by Crippen LogP contribution is 2.31. The van der Waals surface area contributed by atoms with Gasteiger partial charge in [0.05, 0.1) is 11.3 Å². The normalized spacial score (nSPS) is 11.5. The van der Waals surface area contributed by atoms with E-state index >= 15 is 0 Å². The number of hydrogen-bond donors (Lipinski definition) is 1. The minimum atomic E-state index is -4.33. The summed E-state index contributed by atoms with van der Waals surface area (Å²) in [5.74, 6) is 0. The molecule has 0 fully saturated rings. The van der Waals surface area contributed by atoms with Crippen molar-refractivity contribution >= 4 is 0 Å². The average molecular weight is 267 g/mol. The zero-order valence-corrected chi connectivity index (χ0v) is 9.98. The number of benzene rings is 1. The first kappa shape index (κ1) is 13.5. The Balaban J connectivity index is 2.00. The summed E-state index contributed by atoms with van der Waals surface area (Å²) in [5, 5.41) is 10.5. The monoisotopic (exact) mass is 267 g/mol. The Labute approximate surface area is 108 Å². The quantitative estimate of drug-likeness (QED) is 0.925. The molecular formula is C13H12F3N3. The van der Waals surface area contributed by atoms with E-state index in [0.717, 1.165) is 6.07 Å². The molecule has 100 valence electrons. The van der Waals surface area contributed by atoms with Crippen molar-refractivity contribution in [2.24, 2.45) is 0 Å². The van der Waals surface area contributed by atoms with E-state index in [1.165, 1.54) is 12.1 Å². The van der Waals surface area contributed by atoms with E-state index in [4.69, 9.17) is 0 Å². The number of nitrogens with zero attached hydrogens (tertiary/aromatic N) is 2. The van der Waals surface area contributed by atoms with Gasteiger partial charge in [-0.2, -0.15) is 23.4 Å². The fourth-order valence-electron chi connectivity index (χ4n) is 1.70. The molecule has 1 N–H and O–H groups in total. The second-order valence-corrected chi connectivity index (χ2v) is 3.97. The lowest BCUT2D eigenvalue weighted by Crippen LogP contribution is -2.17. The molecule has 2 rings (SSSR count). The molecule has 0 amide bonds. The number of rotatable bonds is 4. The number of aromatic nitrogens is 2. The second-order valence-electron chi connectivity index (χ2n) is 3.97. The van der Waals surface area contributed by atoms with Crippen molar-refractivity contribution < 1.29 is 13.2 Å². The Morgan fingerprint density at radius 3 is 2.47 bits per heavy atom. The van der Waals surface area contributed by atoms with Gasteiger partial charge in [0.25, 0.3) is 0 Å². The molecule has 0 saturated heterocycles. The molecule has 2 aromatic rings. The Kier molecular flexibility index (Phi) is 4.11. The Morgan fingerprint density at radius 1 is 1.00 bits per heavy atom. The van der Waals surface area contributed by atoms with Crippen LogP contribution < -0.4 is 5.32 Å². The van der Waals surface area contributed by atoms with E-state index in [9.17, 15) is 13.2 Å². The lowest BCUT2D eigenvalue weighted by molar-refractivity contribution is -0.138. The van der Waals surface area contributed by atoms with Crippen LogP contribution in [-0.4, -0.2) is 10.2 Å². The highest BCUT2D eigenvalue weighted by molar-refractivity contribution is 5.29. The van der Waals surface area contributed by atoms with Gasteiger partial charge in [0.15, 0.2) is 0 Å². The van der Waals surface area contributed by atoms with Crippen LogP contribution in [0.15, 0.2) is 42.6 Å². The van der Waals surface area contributed by atoms with Gasteiger partial charge >= 0.3 is 6.18 Å². The molecule has 1 aromatic heterocycles. The van der Waals surface area contributed by atoms with Gasteiger partial charge in [0.1, 0.15) is 0 Å². The van der Waals surface area contributed by atoms with Crippen LogP contribution in [0.25, 0.3) is 0 Å². The first-order valence-electron chi connectivity index (χ1n) is 5.70. The van der Waals surface area contributed by atoms with E-state index in [2.05, 4.69) is 15.5 Å². The molecule has 19 heavy (non-hydrogen) atoms. The van der Waals surface area contributed by atoms with Crippen molar-refractivity contribution in [1.82, 2.24) is 15.5 Å². The van der Waals surface area contributed by atoms with Crippen LogP contribution in [0.2, 0.25) is 0 Å². The number of hydrogen-bond acceptors (Lipinski definition) is 3. The third kappa shape index (κ3) is 3.75. The molecule has 6 heteroatoms. The van der Waals surface area contributed by atoms with Crippen LogP contribution in [0.1, 0.15) is 16.8 Å². The van der Waals surface area contributed by atoms with E-state index in [1.807, 2.05) is 0 Å². The van der Waals surface area contributed by atoms with Gasteiger partial charge in [-0.25, -0.2) is 0 Å². The molecule has 0 unspecified atom stereocenters. The van der Waals surface area contributed by atoms with Gasteiger partial charge in [-0.05, 0) is 23.8 Å². The van der Waals surface area contributed by atoms with Gasteiger partial charge in [0.2, 0.25) is 0 Å². The number of alkyl halides is 3. The second kappa shape index (κ2) is 5.79. The standard InChI is InChI=1S/C13H12F3N3/c14-13(15,16)12-6-2-1-4-10(12)8-17-9-11-5-3-7-18-19-11/h1-7,17H,8-9H2. The molecule has 0 bridgehead atoms. The Bertz CT molecular complexity index is 526. The maximum Gasteiger partial charge on any atom is 0.416 e. The molecule has 0 atom stereocenters. The molecule has 1 aromatic carbocycles. The highest BCUT2D eigenvalue weighted by Gasteiger charge is 2.32. The lowest BCUT2D eigenvalue weighted by Gasteiger charge is -2.12. The average Bonchev–Trinajstić information content (AvgIpc) is 2.39. The van der Waals surface area contributed by atoms with Gasteiger partial charge in [-0.15, -0.1) is 0 Å². The minimum Gasteiger partial charge on any atom is -0.307 e. The molecule has 0 aliphatic heterocycles. The maximum atomic E-state index is 12.7. The van der Waals surface area contributed by atoms with E-state index in [1.54, 1.807) is 24.4 Å². The van der Waals surface area contributed by atoms with Crippen molar-refractivity contribution in [3.63, 3.8) is 0 Å². The summed E-state index contributed by atoms with van der Waals surface area (Å²) in [7, 11) is 0. The van der Waals surface area contributed by atoms with Crippen molar-refractivity contribution in [3.05, 3.63) is 59.4 Å². The summed E-state index contributed by atoms with van der Waals surface area (Å²) >= 11 is 0. The van der Waals surface area contributed by atoms with Crippen LogP contribution in [0.4, 0.5) is 13.2 Å².